The van der Waals surface area contributed by atoms with Crippen molar-refractivity contribution in [1.82, 2.24) is 5.32 Å². The molecular formula is C30H40ClNO5. The van der Waals surface area contributed by atoms with Crippen LogP contribution in [-0.2, 0) is 19.0 Å². The van der Waals surface area contributed by atoms with Crippen LogP contribution in [-0.4, -0.2) is 45.4 Å². The Labute approximate surface area is 226 Å². The van der Waals surface area contributed by atoms with E-state index in [1.165, 1.54) is 13.5 Å². The van der Waals surface area contributed by atoms with Crippen LogP contribution in [0.4, 0.5) is 0 Å². The van der Waals surface area contributed by atoms with Gasteiger partial charge in [-0.25, -0.2) is 0 Å². The van der Waals surface area contributed by atoms with Gasteiger partial charge in [-0.3, -0.25) is 9.59 Å². The highest BCUT2D eigenvalue weighted by atomic mass is 35.5. The Morgan fingerprint density at radius 3 is 2.76 bits per heavy atom. The van der Waals surface area contributed by atoms with Gasteiger partial charge in [-0.15, -0.1) is 0 Å². The predicted molar refractivity (Wildman–Crippen MR) is 146 cm³/mol. The molecule has 37 heavy (non-hydrogen) atoms. The normalized spacial score (nSPS) is 17.1. The standard InChI is InChI=1S/C30H40ClNO5/c1-4-22(16-23-8-6-14-36-20-23)19-32-30(34)25-13-12-21(2)27(18-25)29(24-9-5-10-26(31)17-24)37-15-7-11-28(33)35-3/h5,9-10,12-13,17-18,22-23,29H,4,6-8,11,14-16,19-20H2,1-3H3,(H,32,34)/t22-,23+,29-/m0/s1. The lowest BCUT2D eigenvalue weighted by atomic mass is 9.89. The van der Waals surface area contributed by atoms with Crippen LogP contribution < -0.4 is 5.32 Å². The summed E-state index contributed by atoms with van der Waals surface area (Å²) in [6.07, 6.45) is 4.82. The number of carbonyl (C=O) groups is 2. The summed E-state index contributed by atoms with van der Waals surface area (Å²) in [5.74, 6) is 0.656. The third-order valence-electron chi connectivity index (χ3n) is 7.06. The largest absolute Gasteiger partial charge is 0.469 e. The molecule has 1 saturated heterocycles. The van der Waals surface area contributed by atoms with E-state index in [1.807, 2.05) is 49.4 Å². The van der Waals surface area contributed by atoms with Gasteiger partial charge in [0, 0.05) is 43.4 Å². The number of hydrogen-bond donors (Lipinski definition) is 1. The van der Waals surface area contributed by atoms with Crippen LogP contribution in [0, 0.1) is 18.8 Å². The first-order chi connectivity index (χ1) is 17.9. The van der Waals surface area contributed by atoms with Crippen LogP contribution in [0.5, 0.6) is 0 Å². The van der Waals surface area contributed by atoms with Crippen LogP contribution in [0.3, 0.4) is 0 Å². The molecule has 0 aromatic heterocycles. The quantitative estimate of drug-likeness (QED) is 0.244. The van der Waals surface area contributed by atoms with Crippen molar-refractivity contribution in [2.75, 3.05) is 33.5 Å². The van der Waals surface area contributed by atoms with E-state index >= 15 is 0 Å². The zero-order valence-electron chi connectivity index (χ0n) is 22.3. The molecule has 1 amide bonds. The zero-order valence-corrected chi connectivity index (χ0v) is 23.0. The molecule has 1 N–H and O–H groups in total. The van der Waals surface area contributed by atoms with E-state index in [0.29, 0.717) is 42.0 Å². The molecule has 3 rings (SSSR count). The monoisotopic (exact) mass is 529 g/mol. The zero-order chi connectivity index (χ0) is 26.6. The van der Waals surface area contributed by atoms with E-state index in [-0.39, 0.29) is 18.3 Å². The van der Waals surface area contributed by atoms with Gasteiger partial charge < -0.3 is 19.5 Å². The number of rotatable bonds is 13. The minimum absolute atomic E-state index is 0.0878. The molecule has 0 spiro atoms. The highest BCUT2D eigenvalue weighted by molar-refractivity contribution is 6.30. The molecule has 3 atom stereocenters. The number of ether oxygens (including phenoxy) is 3. The number of esters is 1. The summed E-state index contributed by atoms with van der Waals surface area (Å²) in [4.78, 5) is 24.7. The molecule has 0 unspecified atom stereocenters. The second-order valence-electron chi connectivity index (χ2n) is 9.86. The fourth-order valence-corrected chi connectivity index (χ4v) is 5.02. The first-order valence-corrected chi connectivity index (χ1v) is 13.7. The summed E-state index contributed by atoms with van der Waals surface area (Å²) in [7, 11) is 1.38. The van der Waals surface area contributed by atoms with E-state index in [9.17, 15) is 9.59 Å². The Morgan fingerprint density at radius 1 is 1.22 bits per heavy atom. The Bertz CT molecular complexity index is 1020. The van der Waals surface area contributed by atoms with Crippen LogP contribution in [0.1, 0.15) is 78.6 Å². The lowest BCUT2D eigenvalue weighted by Gasteiger charge is -2.26. The van der Waals surface area contributed by atoms with Gasteiger partial charge in [0.15, 0.2) is 0 Å². The first kappa shape index (κ1) is 29.2. The van der Waals surface area contributed by atoms with Crippen LogP contribution >= 0.6 is 11.6 Å². The second kappa shape index (κ2) is 15.1. The number of amides is 1. The Balaban J connectivity index is 1.72. The van der Waals surface area contributed by atoms with E-state index in [0.717, 1.165) is 49.2 Å². The number of nitrogens with one attached hydrogen (secondary N) is 1. The molecule has 6 nitrogen and oxygen atoms in total. The summed E-state index contributed by atoms with van der Waals surface area (Å²) in [6.45, 7) is 6.90. The van der Waals surface area contributed by atoms with Crippen LogP contribution in [0.2, 0.25) is 5.02 Å². The Hall–Kier alpha value is -2.41. The first-order valence-electron chi connectivity index (χ1n) is 13.3. The maximum Gasteiger partial charge on any atom is 0.305 e. The molecule has 2 aromatic rings. The number of aryl methyl sites for hydroxylation is 1. The molecule has 1 aliphatic rings. The van der Waals surface area contributed by atoms with Crippen molar-refractivity contribution in [3.05, 3.63) is 69.7 Å². The topological polar surface area (TPSA) is 73.9 Å². The van der Waals surface area contributed by atoms with Gasteiger partial charge in [0.2, 0.25) is 0 Å². The maximum absolute atomic E-state index is 13.2. The maximum atomic E-state index is 13.2. The van der Waals surface area contributed by atoms with Gasteiger partial charge in [-0.05, 0) is 85.4 Å². The van der Waals surface area contributed by atoms with Crippen molar-refractivity contribution >= 4 is 23.5 Å². The van der Waals surface area contributed by atoms with Gasteiger partial charge in [-0.2, -0.15) is 0 Å². The Kier molecular flexibility index (Phi) is 11.9. The van der Waals surface area contributed by atoms with E-state index in [1.54, 1.807) is 0 Å². The summed E-state index contributed by atoms with van der Waals surface area (Å²) in [6, 6.07) is 13.3. The summed E-state index contributed by atoms with van der Waals surface area (Å²) < 4.78 is 16.6. The molecule has 202 valence electrons. The van der Waals surface area contributed by atoms with Gasteiger partial charge in [0.05, 0.1) is 7.11 Å². The van der Waals surface area contributed by atoms with Crippen molar-refractivity contribution < 1.29 is 23.8 Å². The van der Waals surface area contributed by atoms with Gasteiger partial charge in [0.25, 0.3) is 5.91 Å². The third-order valence-corrected chi connectivity index (χ3v) is 7.30. The van der Waals surface area contributed by atoms with Crippen molar-refractivity contribution in [3.8, 4) is 0 Å². The summed E-state index contributed by atoms with van der Waals surface area (Å²) in [5.41, 5.74) is 3.41. The fourth-order valence-electron chi connectivity index (χ4n) is 4.82. The van der Waals surface area contributed by atoms with Crippen molar-refractivity contribution in [1.29, 1.82) is 0 Å². The minimum Gasteiger partial charge on any atom is -0.469 e. The van der Waals surface area contributed by atoms with Crippen molar-refractivity contribution in [2.45, 2.75) is 58.5 Å². The molecule has 0 aliphatic carbocycles. The van der Waals surface area contributed by atoms with E-state index in [4.69, 9.17) is 25.8 Å². The molecular weight excluding hydrogens is 490 g/mol. The van der Waals surface area contributed by atoms with Gasteiger partial charge >= 0.3 is 5.97 Å². The van der Waals surface area contributed by atoms with Crippen LogP contribution in [0.15, 0.2) is 42.5 Å². The van der Waals surface area contributed by atoms with Crippen LogP contribution in [0.25, 0.3) is 0 Å². The number of halogens is 1. The fraction of sp³-hybridized carbons (Fsp3) is 0.533. The molecule has 0 bridgehead atoms. The van der Waals surface area contributed by atoms with Gasteiger partial charge in [0.1, 0.15) is 6.10 Å². The Morgan fingerprint density at radius 2 is 2.05 bits per heavy atom. The molecule has 0 saturated carbocycles. The number of carbonyl (C=O) groups excluding carboxylic acids is 2. The number of benzene rings is 2. The molecule has 1 aliphatic heterocycles. The molecule has 7 heteroatoms. The van der Waals surface area contributed by atoms with E-state index < -0.39 is 6.10 Å². The molecule has 1 fully saturated rings. The minimum atomic E-state index is -0.418. The SMILES string of the molecule is CC[C@H](CNC(=O)c1ccc(C)c([C@@H](OCCCC(=O)OC)c2cccc(Cl)c2)c1)C[C@H]1CCCOC1. The lowest BCUT2D eigenvalue weighted by Crippen LogP contribution is -2.31. The third kappa shape index (κ3) is 9.13. The molecule has 0 radical (unpaired) electrons. The summed E-state index contributed by atoms with van der Waals surface area (Å²) in [5, 5.41) is 3.76. The van der Waals surface area contributed by atoms with Crippen molar-refractivity contribution in [3.63, 3.8) is 0 Å². The average Bonchev–Trinajstić information content (AvgIpc) is 2.91. The smallest absolute Gasteiger partial charge is 0.305 e. The second-order valence-corrected chi connectivity index (χ2v) is 10.3. The predicted octanol–water partition coefficient (Wildman–Crippen LogP) is 6.28. The highest BCUT2D eigenvalue weighted by Gasteiger charge is 2.22. The van der Waals surface area contributed by atoms with Crippen molar-refractivity contribution in [2.24, 2.45) is 11.8 Å². The molecule has 2 aromatic carbocycles. The number of hydrogen-bond acceptors (Lipinski definition) is 5. The van der Waals surface area contributed by atoms with E-state index in [2.05, 4.69) is 12.2 Å². The van der Waals surface area contributed by atoms with Gasteiger partial charge in [-0.1, -0.05) is 43.1 Å². The highest BCUT2D eigenvalue weighted by Crippen LogP contribution is 2.31. The average molecular weight is 530 g/mol. The number of methoxy groups -OCH3 is 1. The molecule has 1 heterocycles. The lowest BCUT2D eigenvalue weighted by molar-refractivity contribution is -0.141. The summed E-state index contributed by atoms with van der Waals surface area (Å²) >= 11 is 6.29.